The summed E-state index contributed by atoms with van der Waals surface area (Å²) >= 11 is 12.2. The van der Waals surface area contributed by atoms with Crippen molar-refractivity contribution in [1.29, 1.82) is 0 Å². The molecule has 0 bridgehead atoms. The molecule has 17 heavy (non-hydrogen) atoms. The molecule has 7 heteroatoms. The lowest BCUT2D eigenvalue weighted by atomic mass is 10.3. The minimum Gasteiger partial charge on any atom is -0.431 e. The van der Waals surface area contributed by atoms with Crippen LogP contribution in [-0.4, -0.2) is 11.3 Å². The van der Waals surface area contributed by atoms with E-state index in [9.17, 15) is 9.18 Å². The summed E-state index contributed by atoms with van der Waals surface area (Å²) in [4.78, 5) is 14.6. The third kappa shape index (κ3) is 2.74. The summed E-state index contributed by atoms with van der Waals surface area (Å²) in [5.74, 6) is -0.364. The number of nitrogens with zero attached hydrogens (tertiary/aromatic N) is 1. The quantitative estimate of drug-likeness (QED) is 0.796. The Balaban J connectivity index is 2.25. The van der Waals surface area contributed by atoms with Crippen LogP contribution in [0.2, 0.25) is 10.2 Å². The Bertz CT molecular complexity index is 573. The van der Waals surface area contributed by atoms with Crippen LogP contribution >= 0.6 is 34.5 Å². The zero-order chi connectivity index (χ0) is 12.4. The van der Waals surface area contributed by atoms with Crippen molar-refractivity contribution < 1.29 is 13.9 Å². The number of rotatable bonds is 3. The van der Waals surface area contributed by atoms with Gasteiger partial charge in [0, 0.05) is 6.07 Å². The van der Waals surface area contributed by atoms with Crippen LogP contribution in [0.1, 0.15) is 9.67 Å². The Morgan fingerprint density at radius 2 is 2.18 bits per heavy atom. The molecule has 0 unspecified atom stereocenters. The van der Waals surface area contributed by atoms with E-state index in [1.165, 1.54) is 12.1 Å². The molecule has 0 amide bonds. The van der Waals surface area contributed by atoms with Crippen LogP contribution in [0.3, 0.4) is 0 Å². The van der Waals surface area contributed by atoms with Crippen LogP contribution in [-0.2, 0) is 0 Å². The first-order chi connectivity index (χ1) is 8.10. The van der Waals surface area contributed by atoms with Crippen LogP contribution in [0.5, 0.6) is 10.9 Å². The molecule has 88 valence electrons. The van der Waals surface area contributed by atoms with Crippen molar-refractivity contribution in [3.05, 3.63) is 39.1 Å². The zero-order valence-electron chi connectivity index (χ0n) is 8.12. The zero-order valence-corrected chi connectivity index (χ0v) is 10.4. The number of halogens is 3. The van der Waals surface area contributed by atoms with Crippen molar-refractivity contribution in [2.75, 3.05) is 0 Å². The summed E-state index contributed by atoms with van der Waals surface area (Å²) in [5, 5.41) is 0.233. The van der Waals surface area contributed by atoms with E-state index in [1.807, 2.05) is 0 Å². The van der Waals surface area contributed by atoms with Gasteiger partial charge in [-0.1, -0.05) is 34.5 Å². The number of hydrogen-bond acceptors (Lipinski definition) is 4. The average molecular weight is 292 g/mol. The van der Waals surface area contributed by atoms with Crippen LogP contribution in [0.4, 0.5) is 4.39 Å². The van der Waals surface area contributed by atoms with Crippen molar-refractivity contribution in [2.45, 2.75) is 0 Å². The summed E-state index contributed by atoms with van der Waals surface area (Å²) in [5.41, 5.74) is 0. The molecule has 2 rings (SSSR count). The lowest BCUT2D eigenvalue weighted by molar-refractivity contribution is 0.112. The first-order valence-corrected chi connectivity index (χ1v) is 5.92. The van der Waals surface area contributed by atoms with Gasteiger partial charge in [-0.3, -0.25) is 4.79 Å². The van der Waals surface area contributed by atoms with E-state index in [4.69, 9.17) is 27.9 Å². The van der Waals surface area contributed by atoms with Crippen molar-refractivity contribution in [2.24, 2.45) is 0 Å². The van der Waals surface area contributed by atoms with Gasteiger partial charge in [-0.05, 0) is 12.1 Å². The largest absolute Gasteiger partial charge is 0.431 e. The smallest absolute Gasteiger partial charge is 0.280 e. The number of hydrogen-bond donors (Lipinski definition) is 0. The summed E-state index contributed by atoms with van der Waals surface area (Å²) < 4.78 is 18.4. The molecule has 0 radical (unpaired) electrons. The molecule has 0 spiro atoms. The van der Waals surface area contributed by atoms with Gasteiger partial charge in [0.25, 0.3) is 5.19 Å². The molecule has 1 heterocycles. The van der Waals surface area contributed by atoms with E-state index in [2.05, 4.69) is 4.98 Å². The molecule has 0 aliphatic carbocycles. The average Bonchev–Trinajstić information content (AvgIpc) is 2.64. The van der Waals surface area contributed by atoms with Gasteiger partial charge in [0.1, 0.15) is 16.4 Å². The lowest BCUT2D eigenvalue weighted by Gasteiger charge is -2.01. The molecule has 1 aromatic heterocycles. The summed E-state index contributed by atoms with van der Waals surface area (Å²) in [6.45, 7) is 0. The highest BCUT2D eigenvalue weighted by atomic mass is 35.5. The van der Waals surface area contributed by atoms with Crippen molar-refractivity contribution >= 4 is 40.8 Å². The summed E-state index contributed by atoms with van der Waals surface area (Å²) in [6.07, 6.45) is 0.579. The standard InChI is InChI=1S/C10H4Cl2FNO2S/c11-6-2-1-5(3-7(6)13)16-10-14-9(12)8(4-15)17-10/h1-4H. The Morgan fingerprint density at radius 3 is 2.76 bits per heavy atom. The van der Waals surface area contributed by atoms with E-state index >= 15 is 0 Å². The molecule has 0 saturated carbocycles. The van der Waals surface area contributed by atoms with Crippen molar-refractivity contribution in [3.8, 4) is 10.9 Å². The number of benzene rings is 1. The topological polar surface area (TPSA) is 39.2 Å². The van der Waals surface area contributed by atoms with E-state index in [0.717, 1.165) is 17.4 Å². The molecule has 0 aliphatic rings. The van der Waals surface area contributed by atoms with Gasteiger partial charge in [0.2, 0.25) is 0 Å². The highest BCUT2D eigenvalue weighted by Gasteiger charge is 2.11. The van der Waals surface area contributed by atoms with Crippen molar-refractivity contribution in [3.63, 3.8) is 0 Å². The van der Waals surface area contributed by atoms with E-state index in [1.54, 1.807) is 0 Å². The van der Waals surface area contributed by atoms with Gasteiger partial charge < -0.3 is 4.74 Å². The second-order valence-electron chi connectivity index (χ2n) is 2.93. The second kappa shape index (κ2) is 5.00. The number of carbonyl (C=O) groups is 1. The Hall–Kier alpha value is -1.17. The monoisotopic (exact) mass is 291 g/mol. The first-order valence-electron chi connectivity index (χ1n) is 4.34. The first kappa shape index (κ1) is 12.3. The van der Waals surface area contributed by atoms with Crippen LogP contribution in [0.15, 0.2) is 18.2 Å². The van der Waals surface area contributed by atoms with Gasteiger partial charge >= 0.3 is 0 Å². The summed E-state index contributed by atoms with van der Waals surface area (Å²) in [6, 6.07) is 3.97. The van der Waals surface area contributed by atoms with Gasteiger partial charge in [0.05, 0.1) is 5.02 Å². The lowest BCUT2D eigenvalue weighted by Crippen LogP contribution is -1.84. The van der Waals surface area contributed by atoms with E-state index in [0.29, 0.717) is 6.29 Å². The fourth-order valence-corrected chi connectivity index (χ4v) is 2.10. The van der Waals surface area contributed by atoms with Crippen LogP contribution < -0.4 is 4.74 Å². The maximum absolute atomic E-state index is 13.1. The molecule has 1 aromatic carbocycles. The molecule has 0 fully saturated rings. The molecular formula is C10H4Cl2FNO2S. The summed E-state index contributed by atoms with van der Waals surface area (Å²) in [7, 11) is 0. The fourth-order valence-electron chi connectivity index (χ4n) is 1.05. The predicted octanol–water partition coefficient (Wildman–Crippen LogP) is 4.19. The second-order valence-corrected chi connectivity index (χ2v) is 4.69. The Morgan fingerprint density at radius 1 is 1.41 bits per heavy atom. The highest BCUT2D eigenvalue weighted by molar-refractivity contribution is 7.15. The van der Waals surface area contributed by atoms with E-state index < -0.39 is 5.82 Å². The molecule has 0 N–H and O–H groups in total. The fraction of sp³-hybridized carbons (Fsp3) is 0. The SMILES string of the molecule is O=Cc1sc(Oc2ccc(Cl)c(F)c2)nc1Cl. The van der Waals surface area contributed by atoms with Gasteiger partial charge in [-0.25, -0.2) is 4.39 Å². The third-order valence-corrected chi connectivity index (χ3v) is 3.36. The Labute approximate surface area is 110 Å². The van der Waals surface area contributed by atoms with Gasteiger partial charge in [0.15, 0.2) is 11.4 Å². The van der Waals surface area contributed by atoms with Gasteiger partial charge in [-0.15, -0.1) is 0 Å². The number of aromatic nitrogens is 1. The van der Waals surface area contributed by atoms with Crippen LogP contribution in [0.25, 0.3) is 0 Å². The number of carbonyl (C=O) groups excluding carboxylic acids is 1. The van der Waals surface area contributed by atoms with E-state index in [-0.39, 0.29) is 26.0 Å². The van der Waals surface area contributed by atoms with Crippen molar-refractivity contribution in [1.82, 2.24) is 4.98 Å². The maximum Gasteiger partial charge on any atom is 0.280 e. The number of ether oxygens (including phenoxy) is 1. The molecule has 0 atom stereocenters. The highest BCUT2D eigenvalue weighted by Crippen LogP contribution is 2.31. The molecule has 0 saturated heterocycles. The maximum atomic E-state index is 13.1. The normalized spacial score (nSPS) is 10.3. The predicted molar refractivity (Wildman–Crippen MR) is 64.0 cm³/mol. The third-order valence-electron chi connectivity index (χ3n) is 1.79. The molecule has 2 aromatic rings. The van der Waals surface area contributed by atoms with Gasteiger partial charge in [-0.2, -0.15) is 4.98 Å². The molecule has 3 nitrogen and oxygen atoms in total. The Kier molecular flexibility index (Phi) is 3.61. The van der Waals surface area contributed by atoms with Crippen LogP contribution in [0, 0.1) is 5.82 Å². The molecule has 0 aliphatic heterocycles. The molecular weight excluding hydrogens is 288 g/mol. The minimum atomic E-state index is -0.595. The number of thiazole rings is 1. The minimum absolute atomic E-state index is 0.00287. The number of aldehydes is 1.